The number of furan rings is 1. The van der Waals surface area contributed by atoms with Crippen molar-refractivity contribution < 1.29 is 23.4 Å². The van der Waals surface area contributed by atoms with Crippen LogP contribution >= 0.6 is 0 Å². The minimum atomic E-state index is -0.359. The number of carbonyl (C=O) groups excluding carboxylic acids is 1. The van der Waals surface area contributed by atoms with Crippen LogP contribution in [0.5, 0.6) is 0 Å². The van der Waals surface area contributed by atoms with Crippen LogP contribution in [0.25, 0.3) is 22.3 Å². The molecule has 0 aliphatic rings. The van der Waals surface area contributed by atoms with E-state index in [0.29, 0.717) is 27.9 Å². The van der Waals surface area contributed by atoms with E-state index in [9.17, 15) is 14.3 Å². The van der Waals surface area contributed by atoms with Gasteiger partial charge in [-0.1, -0.05) is 6.07 Å². The van der Waals surface area contributed by atoms with Crippen LogP contribution in [-0.4, -0.2) is 30.8 Å². The largest absolute Gasteiger partial charge is 0.455 e. The average Bonchev–Trinajstić information content (AvgIpc) is 3.06. The first kappa shape index (κ1) is 19.1. The summed E-state index contributed by atoms with van der Waals surface area (Å²) in [6.07, 6.45) is -0.563. The average molecular weight is 371 g/mol. The van der Waals surface area contributed by atoms with Gasteiger partial charge >= 0.3 is 0 Å². The fourth-order valence-electron chi connectivity index (χ4n) is 2.99. The maximum absolute atomic E-state index is 13.3. The molecule has 2 N–H and O–H groups in total. The van der Waals surface area contributed by atoms with Crippen molar-refractivity contribution >= 4 is 16.9 Å². The van der Waals surface area contributed by atoms with Crippen LogP contribution in [0.1, 0.15) is 35.9 Å². The fraction of sp³-hybridized carbons (Fsp3) is 0.286. The molecule has 1 amide bonds. The third kappa shape index (κ3) is 3.86. The summed E-state index contributed by atoms with van der Waals surface area (Å²) in [4.78, 5) is 12.5. The summed E-state index contributed by atoms with van der Waals surface area (Å²) in [5.74, 6) is -0.260. The molecule has 0 aliphatic heterocycles. The van der Waals surface area contributed by atoms with Crippen LogP contribution in [0, 0.1) is 5.82 Å². The van der Waals surface area contributed by atoms with E-state index in [-0.39, 0.29) is 30.5 Å². The van der Waals surface area contributed by atoms with Crippen LogP contribution in [0.2, 0.25) is 0 Å². The first-order valence-electron chi connectivity index (χ1n) is 8.75. The Morgan fingerprint density at radius 1 is 1.22 bits per heavy atom. The highest BCUT2D eigenvalue weighted by molar-refractivity contribution is 6.11. The lowest BCUT2D eigenvalue weighted by atomic mass is 10.0. The van der Waals surface area contributed by atoms with E-state index >= 15 is 0 Å². The van der Waals surface area contributed by atoms with E-state index in [4.69, 9.17) is 9.15 Å². The van der Waals surface area contributed by atoms with Gasteiger partial charge in [0.1, 0.15) is 17.2 Å². The number of hydrogen-bond donors (Lipinski definition) is 2. The van der Waals surface area contributed by atoms with Gasteiger partial charge in [-0.2, -0.15) is 0 Å². The molecule has 0 bridgehead atoms. The topological polar surface area (TPSA) is 71.7 Å². The summed E-state index contributed by atoms with van der Waals surface area (Å²) in [7, 11) is 1.55. The first-order valence-corrected chi connectivity index (χ1v) is 8.75. The van der Waals surface area contributed by atoms with Crippen molar-refractivity contribution in [1.29, 1.82) is 0 Å². The summed E-state index contributed by atoms with van der Waals surface area (Å²) in [5.41, 5.74) is 2.42. The summed E-state index contributed by atoms with van der Waals surface area (Å²) in [6.45, 7) is 3.60. The van der Waals surface area contributed by atoms with E-state index in [1.54, 1.807) is 32.2 Å². The van der Waals surface area contributed by atoms with E-state index in [2.05, 4.69) is 5.32 Å². The van der Waals surface area contributed by atoms with Gasteiger partial charge in [0.15, 0.2) is 0 Å². The third-order valence-electron chi connectivity index (χ3n) is 4.44. The molecule has 0 aliphatic carbocycles. The molecule has 0 saturated heterocycles. The molecule has 0 radical (unpaired) electrons. The molecule has 0 fully saturated rings. The number of hydrogen-bond acceptors (Lipinski definition) is 4. The number of halogens is 1. The van der Waals surface area contributed by atoms with Crippen molar-refractivity contribution in [2.24, 2.45) is 0 Å². The number of benzene rings is 2. The molecule has 27 heavy (non-hydrogen) atoms. The summed E-state index contributed by atoms with van der Waals surface area (Å²) in [5, 5.41) is 12.5. The highest BCUT2D eigenvalue weighted by Gasteiger charge is 2.22. The minimum Gasteiger partial charge on any atom is -0.455 e. The van der Waals surface area contributed by atoms with Gasteiger partial charge in [-0.3, -0.25) is 4.79 Å². The Bertz CT molecular complexity index is 949. The van der Waals surface area contributed by atoms with Gasteiger partial charge in [0.05, 0.1) is 24.4 Å². The van der Waals surface area contributed by atoms with E-state index < -0.39 is 0 Å². The van der Waals surface area contributed by atoms with E-state index in [1.165, 1.54) is 12.1 Å². The minimum absolute atomic E-state index is 0.0729. The molecule has 2 aromatic carbocycles. The van der Waals surface area contributed by atoms with Gasteiger partial charge in [-0.25, -0.2) is 4.39 Å². The molecular formula is C21H22FNO4. The van der Waals surface area contributed by atoms with E-state index in [1.807, 2.05) is 19.1 Å². The Labute approximate surface area is 156 Å². The van der Waals surface area contributed by atoms with Crippen molar-refractivity contribution in [1.82, 2.24) is 5.32 Å². The Morgan fingerprint density at radius 2 is 1.93 bits per heavy atom. The van der Waals surface area contributed by atoms with Crippen LogP contribution < -0.4 is 5.32 Å². The SMILES string of the molecule is CNC(=O)c1c(-c2ccc(F)cc2)oc2ccc([C@H](C)O[C@@H](C)CO)cc12. The molecule has 1 aromatic heterocycles. The molecule has 142 valence electrons. The summed E-state index contributed by atoms with van der Waals surface area (Å²) >= 11 is 0. The highest BCUT2D eigenvalue weighted by atomic mass is 19.1. The fourth-order valence-corrected chi connectivity index (χ4v) is 2.99. The summed E-state index contributed by atoms with van der Waals surface area (Å²) < 4.78 is 24.9. The van der Waals surface area contributed by atoms with Crippen molar-refractivity contribution in [2.45, 2.75) is 26.1 Å². The molecule has 0 spiro atoms. The number of fused-ring (bicyclic) bond motifs is 1. The molecule has 5 nitrogen and oxygen atoms in total. The number of amides is 1. The van der Waals surface area contributed by atoms with Gasteiger partial charge in [0.2, 0.25) is 0 Å². The monoisotopic (exact) mass is 371 g/mol. The normalized spacial score (nSPS) is 13.5. The second-order valence-electron chi connectivity index (χ2n) is 6.42. The maximum atomic E-state index is 13.3. The number of ether oxygens (including phenoxy) is 1. The van der Waals surface area contributed by atoms with Gasteiger partial charge in [0, 0.05) is 18.0 Å². The molecule has 1 heterocycles. The second kappa shape index (κ2) is 7.90. The van der Waals surface area contributed by atoms with Gasteiger partial charge in [0.25, 0.3) is 5.91 Å². The molecule has 0 unspecified atom stereocenters. The molecule has 2 atom stereocenters. The summed E-state index contributed by atoms with van der Waals surface area (Å²) in [6, 6.07) is 11.3. The second-order valence-corrected chi connectivity index (χ2v) is 6.42. The zero-order valence-electron chi connectivity index (χ0n) is 15.5. The number of carbonyl (C=O) groups is 1. The lowest BCUT2D eigenvalue weighted by Crippen LogP contribution is -2.18. The van der Waals surface area contributed by atoms with Gasteiger partial charge in [-0.15, -0.1) is 0 Å². The predicted octanol–water partition coefficient (Wildman–Crippen LogP) is 4.06. The Balaban J connectivity index is 2.12. The zero-order valence-corrected chi connectivity index (χ0v) is 15.5. The highest BCUT2D eigenvalue weighted by Crippen LogP contribution is 2.35. The Kier molecular flexibility index (Phi) is 5.58. The van der Waals surface area contributed by atoms with Crippen LogP contribution in [-0.2, 0) is 4.74 Å². The maximum Gasteiger partial charge on any atom is 0.255 e. The smallest absolute Gasteiger partial charge is 0.255 e. The standard InChI is InChI=1S/C21H22FNO4/c1-12(11-24)26-13(2)15-6-9-18-17(10-15)19(21(25)23-3)20(27-18)14-4-7-16(22)8-5-14/h4-10,12-13,24H,11H2,1-3H3,(H,23,25)/t12-,13-/m0/s1. The quantitative estimate of drug-likeness (QED) is 0.686. The number of aliphatic hydroxyl groups is 1. The molecule has 0 saturated carbocycles. The van der Waals surface area contributed by atoms with Crippen LogP contribution in [0.4, 0.5) is 4.39 Å². The number of aliphatic hydroxyl groups excluding tert-OH is 1. The lowest BCUT2D eigenvalue weighted by molar-refractivity contribution is -0.0219. The van der Waals surface area contributed by atoms with Crippen LogP contribution in [0.3, 0.4) is 0 Å². The van der Waals surface area contributed by atoms with Crippen molar-refractivity contribution in [3.8, 4) is 11.3 Å². The third-order valence-corrected chi connectivity index (χ3v) is 4.44. The molecule has 3 aromatic rings. The molecular weight excluding hydrogens is 349 g/mol. The molecule has 3 rings (SSSR count). The Hall–Kier alpha value is -2.70. The lowest BCUT2D eigenvalue weighted by Gasteiger charge is -2.17. The Morgan fingerprint density at radius 3 is 2.56 bits per heavy atom. The van der Waals surface area contributed by atoms with Crippen molar-refractivity contribution in [2.75, 3.05) is 13.7 Å². The predicted molar refractivity (Wildman–Crippen MR) is 101 cm³/mol. The van der Waals surface area contributed by atoms with Crippen molar-refractivity contribution in [3.63, 3.8) is 0 Å². The van der Waals surface area contributed by atoms with Gasteiger partial charge in [-0.05, 0) is 55.8 Å². The first-order chi connectivity index (χ1) is 12.9. The van der Waals surface area contributed by atoms with Gasteiger partial charge < -0.3 is 19.6 Å². The zero-order chi connectivity index (χ0) is 19.6. The van der Waals surface area contributed by atoms with E-state index in [0.717, 1.165) is 5.56 Å². The number of rotatable bonds is 6. The van der Waals surface area contributed by atoms with Crippen LogP contribution in [0.15, 0.2) is 46.9 Å². The van der Waals surface area contributed by atoms with Crippen molar-refractivity contribution in [3.05, 3.63) is 59.4 Å². The number of nitrogens with one attached hydrogen (secondary N) is 1. The molecule has 6 heteroatoms.